The largest absolute Gasteiger partial charge is 0.619 e. The van der Waals surface area contributed by atoms with Crippen LogP contribution in [0.3, 0.4) is 0 Å². The lowest BCUT2D eigenvalue weighted by atomic mass is 10.3. The van der Waals surface area contributed by atoms with Crippen LogP contribution in [0.5, 0.6) is 0 Å². The summed E-state index contributed by atoms with van der Waals surface area (Å²) < 4.78 is 1.78. The quantitative estimate of drug-likeness (QED) is 0.473. The molecule has 4 nitrogen and oxygen atoms in total. The molecule has 3 aromatic heterocycles. The Morgan fingerprint density at radius 3 is 2.81 bits per heavy atom. The molecule has 0 spiro atoms. The topological polar surface area (TPSA) is 52.7 Å². The van der Waals surface area contributed by atoms with Crippen molar-refractivity contribution >= 4 is 21.6 Å². The van der Waals surface area contributed by atoms with Gasteiger partial charge in [0.15, 0.2) is 6.20 Å². The van der Waals surface area contributed by atoms with Gasteiger partial charge >= 0.3 is 0 Å². The first-order valence-electron chi connectivity index (χ1n) is 4.73. The van der Waals surface area contributed by atoms with Crippen LogP contribution in [0.25, 0.3) is 20.8 Å². The fraction of sp³-hybridized carbons (Fsp3) is 0. The van der Waals surface area contributed by atoms with E-state index in [0.29, 0.717) is 0 Å². The molecule has 0 aliphatic heterocycles. The normalized spacial score (nSPS) is 10.8. The number of fused-ring (bicyclic) bond motifs is 1. The molecule has 0 bridgehead atoms. The summed E-state index contributed by atoms with van der Waals surface area (Å²) in [6, 6.07) is 5.59. The number of hydrogen-bond donors (Lipinski definition) is 0. The summed E-state index contributed by atoms with van der Waals surface area (Å²) in [5.41, 5.74) is 1.75. The summed E-state index contributed by atoms with van der Waals surface area (Å²) in [5.74, 6) is 0. The molecular weight excluding hydrogens is 222 g/mol. The Morgan fingerprint density at radius 2 is 2.00 bits per heavy atom. The van der Waals surface area contributed by atoms with Gasteiger partial charge in [-0.3, -0.25) is 4.98 Å². The summed E-state index contributed by atoms with van der Waals surface area (Å²) in [4.78, 5) is 8.38. The van der Waals surface area contributed by atoms with E-state index in [1.54, 1.807) is 29.8 Å². The first-order valence-corrected chi connectivity index (χ1v) is 5.54. The van der Waals surface area contributed by atoms with Crippen molar-refractivity contribution in [2.24, 2.45) is 0 Å². The van der Waals surface area contributed by atoms with Gasteiger partial charge in [-0.05, 0) is 12.1 Å². The third kappa shape index (κ3) is 1.51. The Balaban J connectivity index is 2.19. The van der Waals surface area contributed by atoms with E-state index in [1.165, 1.54) is 12.4 Å². The van der Waals surface area contributed by atoms with E-state index in [-0.39, 0.29) is 0 Å². The predicted molar refractivity (Wildman–Crippen MR) is 61.8 cm³/mol. The number of rotatable bonds is 1. The van der Waals surface area contributed by atoms with Gasteiger partial charge in [-0.2, -0.15) is 4.73 Å². The highest BCUT2D eigenvalue weighted by molar-refractivity contribution is 7.21. The zero-order valence-electron chi connectivity index (χ0n) is 8.20. The molecule has 78 valence electrons. The van der Waals surface area contributed by atoms with Crippen molar-refractivity contribution in [3.63, 3.8) is 0 Å². The molecule has 0 fully saturated rings. The minimum absolute atomic E-state index is 0.731. The van der Waals surface area contributed by atoms with Crippen LogP contribution < -0.4 is 4.73 Å². The smallest absolute Gasteiger partial charge is 0.207 e. The fourth-order valence-corrected chi connectivity index (χ4v) is 2.42. The third-order valence-electron chi connectivity index (χ3n) is 2.23. The standard InChI is InChI=1S/C11H7N3OS/c15-14-6-3-10-9(7-14)13-11(16-10)8-1-4-12-5-2-8/h1-7H. The molecule has 0 N–H and O–H groups in total. The van der Waals surface area contributed by atoms with E-state index < -0.39 is 0 Å². The molecular formula is C11H7N3OS. The highest BCUT2D eigenvalue weighted by Crippen LogP contribution is 2.28. The van der Waals surface area contributed by atoms with Gasteiger partial charge < -0.3 is 5.21 Å². The summed E-state index contributed by atoms with van der Waals surface area (Å²) in [7, 11) is 0. The Kier molecular flexibility index (Phi) is 2.04. The average Bonchev–Trinajstić information content (AvgIpc) is 2.73. The van der Waals surface area contributed by atoms with Crippen molar-refractivity contribution in [1.29, 1.82) is 0 Å². The van der Waals surface area contributed by atoms with Crippen LogP contribution in [0, 0.1) is 5.21 Å². The van der Waals surface area contributed by atoms with Crippen LogP contribution in [-0.4, -0.2) is 9.97 Å². The SMILES string of the molecule is [O-][n+]1ccc2sc(-c3ccncc3)nc2c1. The molecule has 0 aliphatic rings. The van der Waals surface area contributed by atoms with Gasteiger partial charge in [0.25, 0.3) is 0 Å². The molecule has 0 atom stereocenters. The van der Waals surface area contributed by atoms with Crippen LogP contribution in [0.15, 0.2) is 43.0 Å². The molecule has 5 heteroatoms. The summed E-state index contributed by atoms with van der Waals surface area (Å²) in [6.07, 6.45) is 6.43. The molecule has 0 aromatic carbocycles. The summed E-state index contributed by atoms with van der Waals surface area (Å²) in [6.45, 7) is 0. The maximum Gasteiger partial charge on any atom is 0.207 e. The molecule has 3 aromatic rings. The molecule has 3 heterocycles. The molecule has 0 saturated carbocycles. The van der Waals surface area contributed by atoms with E-state index in [0.717, 1.165) is 25.5 Å². The lowest BCUT2D eigenvalue weighted by Crippen LogP contribution is -2.23. The average molecular weight is 229 g/mol. The summed E-state index contributed by atoms with van der Waals surface area (Å²) in [5, 5.41) is 12.0. The molecule has 16 heavy (non-hydrogen) atoms. The molecule has 3 rings (SSSR count). The molecule has 0 amide bonds. The van der Waals surface area contributed by atoms with Gasteiger partial charge in [0.1, 0.15) is 10.5 Å². The Bertz CT molecular complexity index is 636. The molecule has 0 saturated heterocycles. The monoisotopic (exact) mass is 229 g/mol. The maximum absolute atomic E-state index is 11.1. The second-order valence-corrected chi connectivity index (χ2v) is 4.34. The Labute approximate surface area is 95.4 Å². The van der Waals surface area contributed by atoms with Gasteiger partial charge in [0, 0.05) is 24.0 Å². The Morgan fingerprint density at radius 1 is 1.19 bits per heavy atom. The van der Waals surface area contributed by atoms with Gasteiger partial charge in [0.2, 0.25) is 6.20 Å². The van der Waals surface area contributed by atoms with Gasteiger partial charge in [-0.25, -0.2) is 4.98 Å². The van der Waals surface area contributed by atoms with Crippen LogP contribution in [0.1, 0.15) is 0 Å². The minimum Gasteiger partial charge on any atom is -0.619 e. The number of thiazole rings is 1. The van der Waals surface area contributed by atoms with Gasteiger partial charge in [-0.15, -0.1) is 11.3 Å². The van der Waals surface area contributed by atoms with E-state index >= 15 is 0 Å². The lowest BCUT2D eigenvalue weighted by molar-refractivity contribution is -0.603. The second-order valence-electron chi connectivity index (χ2n) is 3.31. The number of aromatic nitrogens is 3. The van der Waals surface area contributed by atoms with Crippen molar-refractivity contribution < 1.29 is 4.73 Å². The van der Waals surface area contributed by atoms with E-state index in [9.17, 15) is 5.21 Å². The zero-order valence-corrected chi connectivity index (χ0v) is 9.02. The minimum atomic E-state index is 0.731. The third-order valence-corrected chi connectivity index (χ3v) is 3.32. The van der Waals surface area contributed by atoms with Crippen molar-refractivity contribution in [3.8, 4) is 10.6 Å². The van der Waals surface area contributed by atoms with E-state index in [2.05, 4.69) is 9.97 Å². The lowest BCUT2D eigenvalue weighted by Gasteiger charge is -1.91. The zero-order chi connectivity index (χ0) is 11.0. The first-order chi connectivity index (χ1) is 7.83. The Hall–Kier alpha value is -2.01. The molecule has 0 unspecified atom stereocenters. The van der Waals surface area contributed by atoms with E-state index in [4.69, 9.17) is 0 Å². The maximum atomic E-state index is 11.1. The summed E-state index contributed by atoms with van der Waals surface area (Å²) >= 11 is 1.57. The highest BCUT2D eigenvalue weighted by atomic mass is 32.1. The first kappa shape index (κ1) is 9.23. The van der Waals surface area contributed by atoms with Gasteiger partial charge in [0.05, 0.1) is 4.70 Å². The van der Waals surface area contributed by atoms with Crippen molar-refractivity contribution in [3.05, 3.63) is 48.2 Å². The van der Waals surface area contributed by atoms with Gasteiger partial charge in [-0.1, -0.05) is 0 Å². The van der Waals surface area contributed by atoms with Crippen molar-refractivity contribution in [2.45, 2.75) is 0 Å². The van der Waals surface area contributed by atoms with Crippen LogP contribution in [-0.2, 0) is 0 Å². The van der Waals surface area contributed by atoms with Crippen LogP contribution >= 0.6 is 11.3 Å². The van der Waals surface area contributed by atoms with Crippen LogP contribution in [0.2, 0.25) is 0 Å². The molecule has 0 aliphatic carbocycles. The van der Waals surface area contributed by atoms with E-state index in [1.807, 2.05) is 12.1 Å². The van der Waals surface area contributed by atoms with Crippen molar-refractivity contribution in [1.82, 2.24) is 9.97 Å². The second kappa shape index (κ2) is 3.53. The predicted octanol–water partition coefficient (Wildman–Crippen LogP) is 1.99. The number of nitrogens with zero attached hydrogens (tertiary/aromatic N) is 3. The van der Waals surface area contributed by atoms with Crippen molar-refractivity contribution in [2.75, 3.05) is 0 Å². The highest BCUT2D eigenvalue weighted by Gasteiger charge is 2.07. The number of hydrogen-bond acceptors (Lipinski definition) is 4. The number of pyridine rings is 2. The fourth-order valence-electron chi connectivity index (χ4n) is 1.48. The molecule has 0 radical (unpaired) electrons. The van der Waals surface area contributed by atoms with Crippen LogP contribution in [0.4, 0.5) is 0 Å².